The Hall–Kier alpha value is -7.88. The van der Waals surface area contributed by atoms with Crippen LogP contribution < -0.4 is 4.90 Å². The van der Waals surface area contributed by atoms with E-state index in [1.807, 2.05) is 12.1 Å². The van der Waals surface area contributed by atoms with Gasteiger partial charge in [0.1, 0.15) is 0 Å². The zero-order chi connectivity index (χ0) is 42.7. The number of hydrogen-bond donors (Lipinski definition) is 0. The number of benzene rings is 9. The van der Waals surface area contributed by atoms with Gasteiger partial charge in [0, 0.05) is 33.3 Å². The Balaban J connectivity index is 1.04. The van der Waals surface area contributed by atoms with E-state index in [2.05, 4.69) is 220 Å². The van der Waals surface area contributed by atoms with Crippen molar-refractivity contribution in [1.29, 1.82) is 0 Å². The molecule has 1 spiro atoms. The number of fused-ring (bicyclic) bond motifs is 13. The lowest BCUT2D eigenvalue weighted by Crippen LogP contribution is -2.26. The van der Waals surface area contributed by atoms with Crippen molar-refractivity contribution in [2.45, 2.75) is 31.6 Å². The number of para-hydroxylation sites is 1. The Kier molecular flexibility index (Phi) is 7.78. The van der Waals surface area contributed by atoms with E-state index in [1.165, 1.54) is 72.0 Å². The Morgan fingerprint density at radius 2 is 0.984 bits per heavy atom. The van der Waals surface area contributed by atoms with Crippen LogP contribution in [0.15, 0.2) is 206 Å². The summed E-state index contributed by atoms with van der Waals surface area (Å²) in [5, 5.41) is 2.54. The van der Waals surface area contributed by atoms with Crippen LogP contribution in [0.3, 0.4) is 0 Å². The average molecular weight is 818 g/mol. The second-order valence-corrected chi connectivity index (χ2v) is 18.5. The molecule has 64 heavy (non-hydrogen) atoms. The molecule has 0 bridgehead atoms. The van der Waals surface area contributed by atoms with Crippen LogP contribution in [0, 0.1) is 0 Å². The van der Waals surface area contributed by atoms with Gasteiger partial charge in [0.15, 0.2) is 5.82 Å². The fourth-order valence-electron chi connectivity index (χ4n) is 11.1. The smallest absolute Gasteiger partial charge is 0.160 e. The summed E-state index contributed by atoms with van der Waals surface area (Å²) in [5.74, 6) is 0.692. The van der Waals surface area contributed by atoms with Gasteiger partial charge in [-0.25, -0.2) is 9.97 Å². The van der Waals surface area contributed by atoms with Gasteiger partial charge in [-0.05, 0) is 103 Å². The van der Waals surface area contributed by atoms with Crippen LogP contribution in [0.1, 0.15) is 48.6 Å². The molecule has 3 heteroatoms. The molecule has 10 aromatic rings. The number of nitrogens with zero attached hydrogens (tertiary/aromatic N) is 3. The lowest BCUT2D eigenvalue weighted by molar-refractivity contribution is 0.590. The molecule has 2 aliphatic carbocycles. The Labute approximate surface area is 374 Å². The van der Waals surface area contributed by atoms with Crippen molar-refractivity contribution in [2.75, 3.05) is 4.90 Å². The molecule has 1 unspecified atom stereocenters. The minimum Gasteiger partial charge on any atom is -0.309 e. The normalized spacial score (nSPS) is 15.1. The van der Waals surface area contributed by atoms with Crippen LogP contribution >= 0.6 is 0 Å². The highest BCUT2D eigenvalue weighted by Gasteiger charge is 2.52. The van der Waals surface area contributed by atoms with Crippen LogP contribution in [0.25, 0.3) is 78.1 Å². The molecular weight excluding hydrogens is 775 g/mol. The molecule has 0 amide bonds. The maximum Gasteiger partial charge on any atom is 0.160 e. The average Bonchev–Trinajstić information content (AvgIpc) is 3.81. The fourth-order valence-corrected chi connectivity index (χ4v) is 11.1. The second-order valence-electron chi connectivity index (χ2n) is 18.5. The largest absolute Gasteiger partial charge is 0.309 e. The van der Waals surface area contributed by atoms with Crippen molar-refractivity contribution in [2.24, 2.45) is 0 Å². The first kappa shape index (κ1) is 36.7. The minimum atomic E-state index is -0.456. The van der Waals surface area contributed by atoms with E-state index in [0.717, 1.165) is 45.1 Å². The minimum absolute atomic E-state index is 0.0292. The topological polar surface area (TPSA) is 29.0 Å². The number of rotatable bonds is 4. The van der Waals surface area contributed by atoms with E-state index in [0.29, 0.717) is 5.82 Å². The van der Waals surface area contributed by atoms with Gasteiger partial charge in [-0.3, -0.25) is 0 Å². The van der Waals surface area contributed by atoms with Gasteiger partial charge in [-0.15, -0.1) is 0 Å². The van der Waals surface area contributed by atoms with Gasteiger partial charge >= 0.3 is 0 Å². The molecule has 302 valence electrons. The van der Waals surface area contributed by atoms with Crippen molar-refractivity contribution in [1.82, 2.24) is 9.97 Å². The third kappa shape index (κ3) is 5.15. The molecule has 9 aromatic carbocycles. The van der Waals surface area contributed by atoms with Crippen molar-refractivity contribution in [3.8, 4) is 67.3 Å². The molecule has 0 radical (unpaired) electrons. The maximum atomic E-state index is 5.22. The molecule has 1 aromatic heterocycles. The molecule has 13 rings (SSSR count). The van der Waals surface area contributed by atoms with Gasteiger partial charge in [-0.1, -0.05) is 191 Å². The standard InChI is InChI=1S/C61H43N3/c1-60(2,3)41-32-33-51-47(35-41)43-24-10-13-28-49(43)61(51)50-29-14-11-26-45(50)57-46-27-17-31-56-58(46)48(36-52(57)61)44-25-12-15-30-55(44)64(56)42-23-16-22-40(34-42)59-62-53(38-18-6-4-7-19-38)37-54(63-59)39-20-8-5-9-21-39/h4-37H,1-3H3. The molecule has 3 nitrogen and oxygen atoms in total. The second kappa shape index (κ2) is 13.6. The van der Waals surface area contributed by atoms with Crippen molar-refractivity contribution in [3.63, 3.8) is 0 Å². The molecule has 0 N–H and O–H groups in total. The van der Waals surface area contributed by atoms with Gasteiger partial charge in [0.2, 0.25) is 0 Å². The zero-order valence-corrected chi connectivity index (χ0v) is 36.0. The first-order chi connectivity index (χ1) is 31.4. The van der Waals surface area contributed by atoms with Crippen LogP contribution in [0.5, 0.6) is 0 Å². The summed E-state index contributed by atoms with van der Waals surface area (Å²) in [4.78, 5) is 12.9. The van der Waals surface area contributed by atoms with Gasteiger partial charge < -0.3 is 4.90 Å². The van der Waals surface area contributed by atoms with E-state index in [4.69, 9.17) is 9.97 Å². The molecule has 0 saturated heterocycles. The maximum absolute atomic E-state index is 5.22. The van der Waals surface area contributed by atoms with E-state index in [-0.39, 0.29) is 5.41 Å². The predicted octanol–water partition coefficient (Wildman–Crippen LogP) is 15.7. The molecule has 1 atom stereocenters. The molecule has 2 heterocycles. The highest BCUT2D eigenvalue weighted by molar-refractivity contribution is 6.20. The Bertz CT molecular complexity index is 3490. The first-order valence-electron chi connectivity index (χ1n) is 22.3. The molecule has 0 saturated carbocycles. The summed E-state index contributed by atoms with van der Waals surface area (Å²) in [7, 11) is 0. The Morgan fingerprint density at radius 1 is 0.406 bits per heavy atom. The van der Waals surface area contributed by atoms with Crippen LogP contribution in [-0.4, -0.2) is 9.97 Å². The molecular formula is C61H43N3. The van der Waals surface area contributed by atoms with Crippen LogP contribution in [-0.2, 0) is 10.8 Å². The summed E-state index contributed by atoms with van der Waals surface area (Å²) < 4.78 is 0. The SMILES string of the molecule is CC(C)(C)c1ccc2c(c1)-c1ccccc1C21c2ccccc2-c2c1cc1c3c(cccc23)N(c2cccc(-c3nc(-c4ccccc4)cc(-c4ccccc4)n3)c2)c2ccccc2-1. The van der Waals surface area contributed by atoms with Gasteiger partial charge in [-0.2, -0.15) is 0 Å². The number of hydrogen-bond acceptors (Lipinski definition) is 3. The third-order valence-corrected chi connectivity index (χ3v) is 14.0. The lowest BCUT2D eigenvalue weighted by Gasteiger charge is -2.36. The highest BCUT2D eigenvalue weighted by Crippen LogP contribution is 2.66. The molecule has 1 aliphatic heterocycles. The molecule has 0 fully saturated rings. The summed E-state index contributed by atoms with van der Waals surface area (Å²) in [6, 6.07) is 75.7. The molecule has 3 aliphatic rings. The van der Waals surface area contributed by atoms with Gasteiger partial charge in [0.25, 0.3) is 0 Å². The first-order valence-corrected chi connectivity index (χ1v) is 22.3. The van der Waals surface area contributed by atoms with Crippen molar-refractivity contribution < 1.29 is 0 Å². The van der Waals surface area contributed by atoms with Crippen molar-refractivity contribution >= 4 is 27.8 Å². The van der Waals surface area contributed by atoms with Crippen molar-refractivity contribution in [3.05, 3.63) is 234 Å². The summed E-state index contributed by atoms with van der Waals surface area (Å²) >= 11 is 0. The quantitative estimate of drug-likeness (QED) is 0.177. The monoisotopic (exact) mass is 817 g/mol. The number of anilines is 3. The van der Waals surface area contributed by atoms with Gasteiger partial charge in [0.05, 0.1) is 28.2 Å². The lowest BCUT2D eigenvalue weighted by atomic mass is 9.69. The van der Waals surface area contributed by atoms with Crippen LogP contribution in [0.2, 0.25) is 0 Å². The predicted molar refractivity (Wildman–Crippen MR) is 265 cm³/mol. The van der Waals surface area contributed by atoms with E-state index < -0.39 is 5.41 Å². The Morgan fingerprint density at radius 3 is 1.70 bits per heavy atom. The van der Waals surface area contributed by atoms with Crippen LogP contribution in [0.4, 0.5) is 17.1 Å². The van der Waals surface area contributed by atoms with E-state index >= 15 is 0 Å². The summed E-state index contributed by atoms with van der Waals surface area (Å²) in [6.07, 6.45) is 0. The summed E-state index contributed by atoms with van der Waals surface area (Å²) in [6.45, 7) is 6.95. The van der Waals surface area contributed by atoms with E-state index in [1.54, 1.807) is 0 Å². The van der Waals surface area contributed by atoms with E-state index in [9.17, 15) is 0 Å². The number of aromatic nitrogens is 2. The summed E-state index contributed by atoms with van der Waals surface area (Å²) in [5.41, 5.74) is 22.4. The third-order valence-electron chi connectivity index (χ3n) is 14.0. The fraction of sp³-hybridized carbons (Fsp3) is 0.0820. The zero-order valence-electron chi connectivity index (χ0n) is 36.0. The highest BCUT2D eigenvalue weighted by atomic mass is 15.2.